The summed E-state index contributed by atoms with van der Waals surface area (Å²) in [5.41, 5.74) is 3.20. The van der Waals surface area contributed by atoms with E-state index in [9.17, 15) is 14.4 Å². The summed E-state index contributed by atoms with van der Waals surface area (Å²) >= 11 is 0. The second-order valence-electron chi connectivity index (χ2n) is 11.2. The lowest BCUT2D eigenvalue weighted by molar-refractivity contribution is -0.146. The topological polar surface area (TPSA) is 138 Å². The lowest BCUT2D eigenvalue weighted by Gasteiger charge is -2.20. The highest BCUT2D eigenvalue weighted by Crippen LogP contribution is 2.27. The molecular formula is C35H43N5O6. The third kappa shape index (κ3) is 8.91. The summed E-state index contributed by atoms with van der Waals surface area (Å²) < 4.78 is 18.5. The van der Waals surface area contributed by atoms with E-state index in [1.54, 1.807) is 17.7 Å². The van der Waals surface area contributed by atoms with Crippen LogP contribution in [0.5, 0.6) is 0 Å². The van der Waals surface area contributed by atoms with Crippen molar-refractivity contribution in [3.8, 4) is 22.7 Å². The second-order valence-corrected chi connectivity index (χ2v) is 11.2. The van der Waals surface area contributed by atoms with Crippen molar-refractivity contribution in [2.45, 2.75) is 72.7 Å². The van der Waals surface area contributed by atoms with Crippen molar-refractivity contribution in [1.82, 2.24) is 25.4 Å². The number of esters is 1. The van der Waals surface area contributed by atoms with Crippen molar-refractivity contribution in [1.29, 1.82) is 0 Å². The van der Waals surface area contributed by atoms with Gasteiger partial charge in [0.25, 0.3) is 11.8 Å². The summed E-state index contributed by atoms with van der Waals surface area (Å²) in [5.74, 6) is -1.02. The zero-order valence-electron chi connectivity index (χ0n) is 27.1. The van der Waals surface area contributed by atoms with E-state index in [4.69, 9.17) is 19.0 Å². The van der Waals surface area contributed by atoms with Gasteiger partial charge < -0.3 is 24.5 Å². The molecule has 0 fully saturated rings. The van der Waals surface area contributed by atoms with E-state index in [0.29, 0.717) is 36.6 Å². The van der Waals surface area contributed by atoms with E-state index in [-0.39, 0.29) is 41.8 Å². The Kier molecular flexibility index (Phi) is 12.2. The molecule has 2 heterocycles. The molecule has 46 heavy (non-hydrogen) atoms. The van der Waals surface area contributed by atoms with Crippen molar-refractivity contribution in [2.75, 3.05) is 13.2 Å². The molecule has 0 saturated heterocycles. The fraction of sp³-hybridized carbons (Fsp3) is 0.400. The number of carbonyl (C=O) groups is 3. The molecule has 2 amide bonds. The number of hydrogen-bond donors (Lipinski definition) is 2. The Morgan fingerprint density at radius 3 is 2.35 bits per heavy atom. The van der Waals surface area contributed by atoms with Gasteiger partial charge in [-0.15, -0.1) is 0 Å². The Balaban J connectivity index is 1.58. The van der Waals surface area contributed by atoms with Gasteiger partial charge in [-0.25, -0.2) is 9.78 Å². The van der Waals surface area contributed by atoms with Gasteiger partial charge in [0, 0.05) is 17.2 Å². The number of hydrogen-bond acceptors (Lipinski definition) is 8. The first-order valence-electron chi connectivity index (χ1n) is 15.8. The second kappa shape index (κ2) is 16.5. The Labute approximate surface area is 269 Å². The zero-order chi connectivity index (χ0) is 33.1. The minimum atomic E-state index is -0.821. The molecule has 0 saturated carbocycles. The zero-order valence-corrected chi connectivity index (χ0v) is 27.1. The van der Waals surface area contributed by atoms with Crippen LogP contribution in [-0.4, -0.2) is 57.8 Å². The average molecular weight is 630 g/mol. The van der Waals surface area contributed by atoms with Crippen LogP contribution in [-0.2, 0) is 27.4 Å². The summed E-state index contributed by atoms with van der Waals surface area (Å²) in [4.78, 5) is 43.2. The summed E-state index contributed by atoms with van der Waals surface area (Å²) in [7, 11) is 0. The molecule has 4 aromatic rings. The molecule has 0 aliphatic rings. The van der Waals surface area contributed by atoms with Crippen LogP contribution in [0.3, 0.4) is 0 Å². The molecule has 2 aromatic carbocycles. The van der Waals surface area contributed by atoms with Crippen LogP contribution in [0.4, 0.5) is 0 Å². The predicted molar refractivity (Wildman–Crippen MR) is 174 cm³/mol. The molecule has 244 valence electrons. The van der Waals surface area contributed by atoms with E-state index < -0.39 is 17.9 Å². The highest BCUT2D eigenvalue weighted by atomic mass is 16.5. The van der Waals surface area contributed by atoms with Gasteiger partial charge in [0.15, 0.2) is 0 Å². The molecule has 0 aliphatic carbocycles. The van der Waals surface area contributed by atoms with Gasteiger partial charge in [-0.1, -0.05) is 70.2 Å². The molecule has 11 nitrogen and oxygen atoms in total. The first-order valence-corrected chi connectivity index (χ1v) is 15.8. The van der Waals surface area contributed by atoms with E-state index in [1.165, 1.54) is 6.20 Å². The summed E-state index contributed by atoms with van der Waals surface area (Å²) in [5, 5.41) is 10.5. The van der Waals surface area contributed by atoms with Crippen LogP contribution in [0, 0.1) is 5.92 Å². The van der Waals surface area contributed by atoms with E-state index >= 15 is 0 Å². The number of nitrogens with zero attached hydrogens (tertiary/aromatic N) is 3. The van der Waals surface area contributed by atoms with Gasteiger partial charge in [-0.05, 0) is 49.4 Å². The maximum absolute atomic E-state index is 13.6. The van der Waals surface area contributed by atoms with Crippen LogP contribution < -0.4 is 10.6 Å². The number of carbonyl (C=O) groups excluding carboxylic acids is 3. The summed E-state index contributed by atoms with van der Waals surface area (Å²) in [6.07, 6.45) is 3.05. The van der Waals surface area contributed by atoms with Gasteiger partial charge in [-0.3, -0.25) is 14.3 Å². The Bertz CT molecular complexity index is 1590. The summed E-state index contributed by atoms with van der Waals surface area (Å²) in [6.45, 7) is 10.7. The molecule has 4 rings (SSSR count). The molecule has 0 bridgehead atoms. The van der Waals surface area contributed by atoms with E-state index in [0.717, 1.165) is 18.4 Å². The molecule has 0 spiro atoms. The molecule has 0 aliphatic heterocycles. The number of nitrogens with one attached hydrogen (secondary N) is 2. The van der Waals surface area contributed by atoms with Gasteiger partial charge in [0.05, 0.1) is 38.3 Å². The highest BCUT2D eigenvalue weighted by molar-refractivity contribution is 5.96. The predicted octanol–water partition coefficient (Wildman–Crippen LogP) is 5.66. The van der Waals surface area contributed by atoms with Crippen molar-refractivity contribution >= 4 is 17.8 Å². The maximum atomic E-state index is 13.6. The monoisotopic (exact) mass is 629 g/mol. The largest absolute Gasteiger partial charge is 0.464 e. The van der Waals surface area contributed by atoms with Crippen molar-refractivity contribution < 1.29 is 28.3 Å². The number of oxazole rings is 1. The molecule has 2 aromatic heterocycles. The smallest absolute Gasteiger partial charge is 0.328 e. The van der Waals surface area contributed by atoms with Crippen molar-refractivity contribution in [3.63, 3.8) is 0 Å². The number of rotatable bonds is 16. The summed E-state index contributed by atoms with van der Waals surface area (Å²) in [6, 6.07) is 18.1. The average Bonchev–Trinajstić information content (AvgIpc) is 3.73. The number of aromatic nitrogens is 3. The Morgan fingerprint density at radius 1 is 0.913 bits per heavy atom. The van der Waals surface area contributed by atoms with Crippen LogP contribution in [0.2, 0.25) is 0 Å². The molecule has 0 radical (unpaired) electrons. The van der Waals surface area contributed by atoms with E-state index in [2.05, 4.69) is 15.6 Å². The SMILES string of the molecule is CCOC(=O)[C@@H](NC(=O)c1cc(-c2cccc(-c3ncc(C(=O)NC(CC)CC)o3)c2)nn1CCOCc1ccccc1)C(C)C. The molecular weight excluding hydrogens is 586 g/mol. The quantitative estimate of drug-likeness (QED) is 0.120. The van der Waals surface area contributed by atoms with Crippen molar-refractivity contribution in [3.05, 3.63) is 83.9 Å². The first-order chi connectivity index (χ1) is 22.2. The van der Waals surface area contributed by atoms with E-state index in [1.807, 2.05) is 82.3 Å². The van der Waals surface area contributed by atoms with Gasteiger partial charge in [-0.2, -0.15) is 5.10 Å². The van der Waals surface area contributed by atoms with Crippen molar-refractivity contribution in [2.24, 2.45) is 5.92 Å². The van der Waals surface area contributed by atoms with Gasteiger partial charge in [0.2, 0.25) is 11.7 Å². The minimum absolute atomic E-state index is 0.0581. The van der Waals surface area contributed by atoms with Gasteiger partial charge >= 0.3 is 5.97 Å². The van der Waals surface area contributed by atoms with Crippen LogP contribution >= 0.6 is 0 Å². The fourth-order valence-electron chi connectivity index (χ4n) is 4.84. The maximum Gasteiger partial charge on any atom is 0.328 e. The molecule has 0 unspecified atom stereocenters. The molecule has 11 heteroatoms. The third-order valence-corrected chi connectivity index (χ3v) is 7.52. The number of amides is 2. The molecule has 1 atom stereocenters. The third-order valence-electron chi connectivity index (χ3n) is 7.52. The lowest BCUT2D eigenvalue weighted by Crippen LogP contribution is -2.45. The minimum Gasteiger partial charge on any atom is -0.464 e. The number of benzene rings is 2. The highest BCUT2D eigenvalue weighted by Gasteiger charge is 2.28. The first kappa shape index (κ1) is 34.1. The normalized spacial score (nSPS) is 11.9. The molecule has 2 N–H and O–H groups in total. The number of ether oxygens (including phenoxy) is 2. The van der Waals surface area contributed by atoms with Crippen LogP contribution in [0.15, 0.2) is 71.3 Å². The fourth-order valence-corrected chi connectivity index (χ4v) is 4.84. The lowest BCUT2D eigenvalue weighted by atomic mass is 10.0. The van der Waals surface area contributed by atoms with Crippen LogP contribution in [0.25, 0.3) is 22.7 Å². The Hall–Kier alpha value is -4.77. The Morgan fingerprint density at radius 2 is 1.65 bits per heavy atom. The van der Waals surface area contributed by atoms with Crippen LogP contribution in [0.1, 0.15) is 74.1 Å². The van der Waals surface area contributed by atoms with Gasteiger partial charge in [0.1, 0.15) is 11.7 Å². The standard InChI is InChI=1S/C35H43N5O6/c1-6-27(7-2)37-33(42)30-21-36-34(46-30)26-16-12-15-25(19-26)28-20-29(32(41)38-31(23(4)5)35(43)45-8-3)40(39-28)17-18-44-22-24-13-10-9-11-14-24/h9-16,19-21,23,27,31H,6-8,17-18,22H2,1-5H3,(H,37,42)(H,38,41)/t31-/m0/s1.